The molecule has 0 saturated carbocycles. The largest absolute Gasteiger partial charge is 0.466 e. The van der Waals surface area contributed by atoms with Gasteiger partial charge in [0.25, 0.3) is 0 Å². The molecule has 150 valence electrons. The van der Waals surface area contributed by atoms with E-state index in [9.17, 15) is 4.79 Å². The van der Waals surface area contributed by atoms with Crippen LogP contribution in [0.2, 0.25) is 0 Å². The van der Waals surface area contributed by atoms with E-state index in [-0.39, 0.29) is 12.0 Å². The molecule has 4 heteroatoms. The zero-order chi connectivity index (χ0) is 19.8. The first-order valence-corrected chi connectivity index (χ1v) is 10.4. The fourth-order valence-electron chi connectivity index (χ4n) is 4.11. The van der Waals surface area contributed by atoms with Crippen LogP contribution in [0.5, 0.6) is 0 Å². The molecule has 4 nitrogen and oxygen atoms in total. The van der Waals surface area contributed by atoms with Crippen molar-refractivity contribution in [3.05, 3.63) is 71.8 Å². The molecule has 1 heterocycles. The van der Waals surface area contributed by atoms with Gasteiger partial charge >= 0.3 is 5.97 Å². The van der Waals surface area contributed by atoms with E-state index >= 15 is 0 Å². The van der Waals surface area contributed by atoms with E-state index in [1.807, 2.05) is 6.92 Å². The number of rotatable bonds is 9. The lowest BCUT2D eigenvalue weighted by Gasteiger charge is -2.24. The van der Waals surface area contributed by atoms with Crippen molar-refractivity contribution in [2.45, 2.75) is 45.3 Å². The van der Waals surface area contributed by atoms with Crippen LogP contribution in [0.3, 0.4) is 0 Å². The van der Waals surface area contributed by atoms with Crippen LogP contribution in [0, 0.1) is 5.92 Å². The number of ether oxygens (including phenoxy) is 1. The van der Waals surface area contributed by atoms with Gasteiger partial charge in [-0.2, -0.15) is 0 Å². The molecule has 3 atom stereocenters. The number of esters is 1. The lowest BCUT2D eigenvalue weighted by atomic mass is 9.96. The number of nitrogens with one attached hydrogen (secondary N) is 1. The first kappa shape index (κ1) is 20.6. The van der Waals surface area contributed by atoms with Gasteiger partial charge in [0.05, 0.1) is 6.61 Å². The molecule has 1 aliphatic rings. The van der Waals surface area contributed by atoms with Gasteiger partial charge in [-0.05, 0) is 37.3 Å². The van der Waals surface area contributed by atoms with Crippen LogP contribution in [0.25, 0.3) is 0 Å². The molecule has 0 unspecified atom stereocenters. The van der Waals surface area contributed by atoms with Gasteiger partial charge in [-0.25, -0.2) is 0 Å². The molecule has 2 aromatic rings. The second-order valence-electron chi connectivity index (χ2n) is 7.69. The maximum Gasteiger partial charge on any atom is 0.305 e. The fourth-order valence-corrected chi connectivity index (χ4v) is 4.11. The predicted molar refractivity (Wildman–Crippen MR) is 113 cm³/mol. The Balaban J connectivity index is 1.63. The number of hydrogen-bond acceptors (Lipinski definition) is 4. The molecular formula is C24H32N2O2. The van der Waals surface area contributed by atoms with Crippen molar-refractivity contribution >= 4 is 5.97 Å². The normalized spacial score (nSPS) is 20.8. The zero-order valence-corrected chi connectivity index (χ0v) is 17.0. The van der Waals surface area contributed by atoms with E-state index in [4.69, 9.17) is 4.74 Å². The van der Waals surface area contributed by atoms with Crippen molar-refractivity contribution < 1.29 is 9.53 Å². The van der Waals surface area contributed by atoms with Crippen LogP contribution in [0.15, 0.2) is 60.7 Å². The number of nitrogens with zero attached hydrogens (tertiary/aromatic N) is 1. The van der Waals surface area contributed by atoms with Crippen LogP contribution in [0.4, 0.5) is 0 Å². The zero-order valence-electron chi connectivity index (χ0n) is 17.0. The Morgan fingerprint density at radius 1 is 1.11 bits per heavy atom. The van der Waals surface area contributed by atoms with Gasteiger partial charge in [0.15, 0.2) is 0 Å². The third-order valence-corrected chi connectivity index (χ3v) is 5.55. The van der Waals surface area contributed by atoms with E-state index in [1.165, 1.54) is 11.1 Å². The van der Waals surface area contributed by atoms with Crippen molar-refractivity contribution in [3.63, 3.8) is 0 Å². The SMILES string of the molecule is CCOC(=O)CC[C@H]1CN(Cc2ccccc2)C[C@H]1N[C@H](C)c1ccccc1. The van der Waals surface area contributed by atoms with Crippen molar-refractivity contribution in [3.8, 4) is 0 Å². The van der Waals surface area contributed by atoms with Gasteiger partial charge in [-0.15, -0.1) is 0 Å². The molecule has 0 aliphatic carbocycles. The predicted octanol–water partition coefficient (Wildman–Crippen LogP) is 4.18. The van der Waals surface area contributed by atoms with Crippen LogP contribution in [-0.2, 0) is 16.1 Å². The second kappa shape index (κ2) is 10.4. The number of hydrogen-bond donors (Lipinski definition) is 1. The van der Waals surface area contributed by atoms with Crippen LogP contribution in [-0.4, -0.2) is 36.6 Å². The van der Waals surface area contributed by atoms with E-state index in [0.29, 0.717) is 25.0 Å². The van der Waals surface area contributed by atoms with Crippen LogP contribution >= 0.6 is 0 Å². The molecule has 0 aromatic heterocycles. The third-order valence-electron chi connectivity index (χ3n) is 5.55. The molecule has 1 saturated heterocycles. The highest BCUT2D eigenvalue weighted by atomic mass is 16.5. The topological polar surface area (TPSA) is 41.6 Å². The minimum absolute atomic E-state index is 0.0844. The molecule has 0 bridgehead atoms. The molecule has 0 radical (unpaired) electrons. The number of likely N-dealkylation sites (tertiary alicyclic amines) is 1. The molecule has 1 aliphatic heterocycles. The standard InChI is InChI=1S/C24H32N2O2/c1-3-28-24(27)15-14-22-17-26(16-20-10-6-4-7-11-20)18-23(22)25-19(2)21-12-8-5-9-13-21/h4-13,19,22-23,25H,3,14-18H2,1-2H3/t19-,22+,23-/m1/s1. The average Bonchev–Trinajstić information content (AvgIpc) is 3.09. The summed E-state index contributed by atoms with van der Waals surface area (Å²) in [6, 6.07) is 21.8. The van der Waals surface area contributed by atoms with Crippen molar-refractivity contribution in [2.75, 3.05) is 19.7 Å². The molecule has 2 aromatic carbocycles. The quantitative estimate of drug-likeness (QED) is 0.663. The maximum atomic E-state index is 11.9. The number of carbonyl (C=O) groups is 1. The summed E-state index contributed by atoms with van der Waals surface area (Å²) in [5.74, 6) is 0.359. The molecule has 0 spiro atoms. The summed E-state index contributed by atoms with van der Waals surface area (Å²) in [6.07, 6.45) is 1.36. The summed E-state index contributed by atoms with van der Waals surface area (Å²) in [4.78, 5) is 14.4. The smallest absolute Gasteiger partial charge is 0.305 e. The molecular weight excluding hydrogens is 348 g/mol. The Kier molecular flexibility index (Phi) is 7.63. The summed E-state index contributed by atoms with van der Waals surface area (Å²) in [7, 11) is 0. The lowest BCUT2D eigenvalue weighted by Crippen LogP contribution is -2.38. The monoisotopic (exact) mass is 380 g/mol. The van der Waals surface area contributed by atoms with Gasteiger partial charge in [0.1, 0.15) is 0 Å². The first-order valence-electron chi connectivity index (χ1n) is 10.4. The molecule has 28 heavy (non-hydrogen) atoms. The highest BCUT2D eigenvalue weighted by Crippen LogP contribution is 2.26. The van der Waals surface area contributed by atoms with Crippen LogP contribution in [0.1, 0.15) is 43.9 Å². The first-order chi connectivity index (χ1) is 13.7. The second-order valence-corrected chi connectivity index (χ2v) is 7.69. The molecule has 1 fully saturated rings. The fraction of sp³-hybridized carbons (Fsp3) is 0.458. The summed E-state index contributed by atoms with van der Waals surface area (Å²) in [5.41, 5.74) is 2.64. The molecule has 3 rings (SSSR count). The highest BCUT2D eigenvalue weighted by molar-refractivity contribution is 5.69. The summed E-state index contributed by atoms with van der Waals surface area (Å²) < 4.78 is 5.14. The lowest BCUT2D eigenvalue weighted by molar-refractivity contribution is -0.143. The Morgan fingerprint density at radius 3 is 2.46 bits per heavy atom. The van der Waals surface area contributed by atoms with Gasteiger partial charge in [0.2, 0.25) is 0 Å². The van der Waals surface area contributed by atoms with E-state index in [2.05, 4.69) is 77.8 Å². The third kappa shape index (κ3) is 5.91. The van der Waals surface area contributed by atoms with Gasteiger partial charge < -0.3 is 10.1 Å². The van der Waals surface area contributed by atoms with Crippen molar-refractivity contribution in [1.82, 2.24) is 10.2 Å². The Bertz CT molecular complexity index is 720. The Labute approximate surface area is 168 Å². The summed E-state index contributed by atoms with van der Waals surface area (Å²) in [6.45, 7) is 7.50. The van der Waals surface area contributed by atoms with Gasteiger partial charge in [-0.3, -0.25) is 9.69 Å². The maximum absolute atomic E-state index is 11.9. The summed E-state index contributed by atoms with van der Waals surface area (Å²) in [5, 5.41) is 3.82. The van der Waals surface area contributed by atoms with Gasteiger partial charge in [0, 0.05) is 38.1 Å². The number of carbonyl (C=O) groups excluding carboxylic acids is 1. The molecule has 1 N–H and O–H groups in total. The summed E-state index contributed by atoms with van der Waals surface area (Å²) >= 11 is 0. The van der Waals surface area contributed by atoms with Crippen molar-refractivity contribution in [2.24, 2.45) is 5.92 Å². The number of benzene rings is 2. The van der Waals surface area contributed by atoms with E-state index in [1.54, 1.807) is 0 Å². The minimum atomic E-state index is -0.0844. The van der Waals surface area contributed by atoms with E-state index in [0.717, 1.165) is 26.1 Å². The Hall–Kier alpha value is -2.17. The average molecular weight is 381 g/mol. The van der Waals surface area contributed by atoms with E-state index < -0.39 is 0 Å². The highest BCUT2D eigenvalue weighted by Gasteiger charge is 2.33. The van der Waals surface area contributed by atoms with Crippen molar-refractivity contribution in [1.29, 1.82) is 0 Å². The Morgan fingerprint density at radius 2 is 1.79 bits per heavy atom. The molecule has 0 amide bonds. The van der Waals surface area contributed by atoms with Gasteiger partial charge in [-0.1, -0.05) is 60.7 Å². The minimum Gasteiger partial charge on any atom is -0.466 e. The van der Waals surface area contributed by atoms with Crippen LogP contribution < -0.4 is 5.32 Å².